The molecule has 7 heteroatoms. The summed E-state index contributed by atoms with van der Waals surface area (Å²) in [4.78, 5) is 19.7. The summed E-state index contributed by atoms with van der Waals surface area (Å²) in [6.45, 7) is 9.16. The third-order valence-corrected chi connectivity index (χ3v) is 3.48. The highest BCUT2D eigenvalue weighted by Crippen LogP contribution is 2.22. The lowest BCUT2D eigenvalue weighted by Crippen LogP contribution is -2.55. The van der Waals surface area contributed by atoms with Crippen LogP contribution in [0.15, 0.2) is 12.3 Å². The molecule has 1 amide bonds. The Balaban J connectivity index is 2.03. The first-order valence-corrected chi connectivity index (χ1v) is 7.33. The summed E-state index contributed by atoms with van der Waals surface area (Å²) in [6, 6.07) is 1.34. The van der Waals surface area contributed by atoms with Gasteiger partial charge in [-0.25, -0.2) is 14.2 Å². The predicted octanol–water partition coefficient (Wildman–Crippen LogP) is 2.25. The number of halogens is 1. The molecule has 0 saturated carbocycles. The van der Waals surface area contributed by atoms with Crippen molar-refractivity contribution in [3.8, 4) is 0 Å². The van der Waals surface area contributed by atoms with E-state index in [0.717, 1.165) is 0 Å². The highest BCUT2D eigenvalue weighted by atomic mass is 19.1. The van der Waals surface area contributed by atoms with E-state index in [0.29, 0.717) is 25.3 Å². The summed E-state index contributed by atoms with van der Waals surface area (Å²) in [5.41, 5.74) is 5.54. The van der Waals surface area contributed by atoms with E-state index >= 15 is 0 Å². The number of pyridine rings is 1. The molecule has 2 rings (SSSR count). The lowest BCUT2D eigenvalue weighted by Gasteiger charge is -2.41. The molecule has 22 heavy (non-hydrogen) atoms. The molecule has 1 aromatic heterocycles. The van der Waals surface area contributed by atoms with Gasteiger partial charge in [-0.3, -0.25) is 0 Å². The van der Waals surface area contributed by atoms with Crippen LogP contribution in [0.4, 0.5) is 20.7 Å². The van der Waals surface area contributed by atoms with E-state index < -0.39 is 11.4 Å². The number of aromatic nitrogens is 1. The van der Waals surface area contributed by atoms with Gasteiger partial charge in [-0.2, -0.15) is 0 Å². The van der Waals surface area contributed by atoms with E-state index in [2.05, 4.69) is 4.98 Å². The molecule has 6 nitrogen and oxygen atoms in total. The molecule has 2 N–H and O–H groups in total. The van der Waals surface area contributed by atoms with Crippen LogP contribution in [-0.2, 0) is 4.74 Å². The Labute approximate surface area is 130 Å². The maximum absolute atomic E-state index is 13.5. The quantitative estimate of drug-likeness (QED) is 0.861. The number of piperazine rings is 1. The Bertz CT molecular complexity index is 559. The maximum atomic E-state index is 13.5. The summed E-state index contributed by atoms with van der Waals surface area (Å²) in [5.74, 6) is -0.635. The molecule has 1 aromatic rings. The molecule has 0 radical (unpaired) electrons. The molecule has 1 aliphatic rings. The van der Waals surface area contributed by atoms with E-state index in [1.165, 1.54) is 6.07 Å². The lowest BCUT2D eigenvalue weighted by molar-refractivity contribution is 0.0159. The van der Waals surface area contributed by atoms with Gasteiger partial charge in [0.1, 0.15) is 5.60 Å². The number of nitrogen functional groups attached to an aromatic ring is 1. The minimum Gasteiger partial charge on any atom is -0.444 e. The van der Waals surface area contributed by atoms with Crippen LogP contribution in [0.1, 0.15) is 27.7 Å². The van der Waals surface area contributed by atoms with Crippen LogP contribution < -0.4 is 10.6 Å². The smallest absolute Gasteiger partial charge is 0.410 e. The molecule has 0 aromatic carbocycles. The zero-order valence-corrected chi connectivity index (χ0v) is 13.5. The van der Waals surface area contributed by atoms with Crippen molar-refractivity contribution < 1.29 is 13.9 Å². The number of hydrogen-bond donors (Lipinski definition) is 1. The Morgan fingerprint density at radius 3 is 2.68 bits per heavy atom. The first kappa shape index (κ1) is 16.3. The Morgan fingerprint density at radius 2 is 2.14 bits per heavy atom. The first-order chi connectivity index (χ1) is 10.2. The van der Waals surface area contributed by atoms with Crippen LogP contribution in [0.25, 0.3) is 0 Å². The molecule has 1 unspecified atom stereocenters. The van der Waals surface area contributed by atoms with E-state index in [4.69, 9.17) is 10.5 Å². The molecule has 0 bridgehead atoms. The van der Waals surface area contributed by atoms with Gasteiger partial charge in [0.15, 0.2) is 11.6 Å². The summed E-state index contributed by atoms with van der Waals surface area (Å²) >= 11 is 0. The van der Waals surface area contributed by atoms with Gasteiger partial charge in [0.2, 0.25) is 0 Å². The Kier molecular flexibility index (Phi) is 4.44. The van der Waals surface area contributed by atoms with E-state index in [1.54, 1.807) is 11.1 Å². The largest absolute Gasteiger partial charge is 0.444 e. The van der Waals surface area contributed by atoms with Gasteiger partial charge >= 0.3 is 6.09 Å². The van der Waals surface area contributed by atoms with Crippen LogP contribution in [0.5, 0.6) is 0 Å². The molecule has 2 heterocycles. The van der Waals surface area contributed by atoms with Crippen molar-refractivity contribution in [3.63, 3.8) is 0 Å². The summed E-state index contributed by atoms with van der Waals surface area (Å²) in [5, 5.41) is 0. The minimum atomic E-state index is -0.528. The van der Waals surface area contributed by atoms with Gasteiger partial charge in [-0.1, -0.05) is 0 Å². The highest BCUT2D eigenvalue weighted by Gasteiger charge is 2.31. The highest BCUT2D eigenvalue weighted by molar-refractivity contribution is 5.69. The summed E-state index contributed by atoms with van der Waals surface area (Å²) in [6.07, 6.45) is 1.23. The Morgan fingerprint density at radius 1 is 1.45 bits per heavy atom. The number of anilines is 2. The fraction of sp³-hybridized carbons (Fsp3) is 0.600. The molecule has 122 valence electrons. The zero-order valence-electron chi connectivity index (χ0n) is 13.5. The monoisotopic (exact) mass is 310 g/mol. The van der Waals surface area contributed by atoms with Crippen LogP contribution in [-0.4, -0.2) is 47.3 Å². The fourth-order valence-electron chi connectivity index (χ4n) is 2.40. The molecule has 0 aliphatic carbocycles. The van der Waals surface area contributed by atoms with E-state index in [-0.39, 0.29) is 18.0 Å². The Hall–Kier alpha value is -2.05. The second-order valence-electron chi connectivity index (χ2n) is 6.53. The third-order valence-electron chi connectivity index (χ3n) is 3.48. The van der Waals surface area contributed by atoms with Crippen molar-refractivity contribution in [2.24, 2.45) is 0 Å². The number of hydrogen-bond acceptors (Lipinski definition) is 5. The molecule has 1 saturated heterocycles. The SMILES string of the molecule is CC1CN(c2cnc(N)c(F)c2)CCN1C(=O)OC(C)(C)C. The number of carbonyl (C=O) groups excluding carboxylic acids is 1. The van der Waals surface area contributed by atoms with E-state index in [1.807, 2.05) is 32.6 Å². The molecule has 0 spiro atoms. The molecule has 1 atom stereocenters. The minimum absolute atomic E-state index is 0.0378. The van der Waals surface area contributed by atoms with E-state index in [9.17, 15) is 9.18 Å². The molecule has 1 aliphatic heterocycles. The van der Waals surface area contributed by atoms with Crippen LogP contribution in [0, 0.1) is 5.82 Å². The molecular weight excluding hydrogens is 287 g/mol. The van der Waals surface area contributed by atoms with Gasteiger partial charge in [0.25, 0.3) is 0 Å². The molecule has 1 fully saturated rings. The second kappa shape index (κ2) is 5.98. The topological polar surface area (TPSA) is 71.7 Å². The van der Waals surface area contributed by atoms with Gasteiger partial charge < -0.3 is 20.3 Å². The number of amides is 1. The van der Waals surface area contributed by atoms with Gasteiger partial charge in [0.05, 0.1) is 11.9 Å². The van der Waals surface area contributed by atoms with Crippen LogP contribution in [0.2, 0.25) is 0 Å². The summed E-state index contributed by atoms with van der Waals surface area (Å²) in [7, 11) is 0. The maximum Gasteiger partial charge on any atom is 0.410 e. The van der Waals surface area contributed by atoms with Crippen LogP contribution >= 0.6 is 0 Å². The van der Waals surface area contributed by atoms with Crippen molar-refractivity contribution in [2.45, 2.75) is 39.3 Å². The zero-order chi connectivity index (χ0) is 16.5. The number of carbonyl (C=O) groups is 1. The predicted molar refractivity (Wildman–Crippen MR) is 83.2 cm³/mol. The second-order valence-corrected chi connectivity index (χ2v) is 6.53. The molecular formula is C15H23FN4O2. The van der Waals surface area contributed by atoms with Crippen molar-refractivity contribution in [2.75, 3.05) is 30.3 Å². The van der Waals surface area contributed by atoms with Crippen molar-refractivity contribution >= 4 is 17.6 Å². The fourth-order valence-corrected chi connectivity index (χ4v) is 2.40. The summed E-state index contributed by atoms with van der Waals surface area (Å²) < 4.78 is 18.9. The number of rotatable bonds is 1. The lowest BCUT2D eigenvalue weighted by atomic mass is 10.1. The van der Waals surface area contributed by atoms with Crippen molar-refractivity contribution in [1.82, 2.24) is 9.88 Å². The average molecular weight is 310 g/mol. The normalized spacial score (nSPS) is 19.2. The van der Waals surface area contributed by atoms with Crippen molar-refractivity contribution in [1.29, 1.82) is 0 Å². The number of nitrogens with zero attached hydrogens (tertiary/aromatic N) is 3. The first-order valence-electron chi connectivity index (χ1n) is 7.33. The third kappa shape index (κ3) is 3.78. The van der Waals surface area contributed by atoms with Crippen molar-refractivity contribution in [3.05, 3.63) is 18.1 Å². The van der Waals surface area contributed by atoms with Gasteiger partial charge in [0, 0.05) is 31.7 Å². The average Bonchev–Trinajstić information content (AvgIpc) is 2.39. The number of nitrogens with two attached hydrogens (primary N) is 1. The van der Waals surface area contributed by atoms with Crippen LogP contribution in [0.3, 0.4) is 0 Å². The standard InChI is InChI=1S/C15H23FN4O2/c1-10-9-19(11-7-12(16)13(17)18-8-11)5-6-20(10)14(21)22-15(2,3)4/h7-8,10H,5-6,9H2,1-4H3,(H2,17,18). The number of ether oxygens (including phenoxy) is 1. The van der Waals surface area contributed by atoms with Gasteiger partial charge in [-0.05, 0) is 27.7 Å². The van der Waals surface area contributed by atoms with Gasteiger partial charge in [-0.15, -0.1) is 0 Å².